The number of piperazine rings is 1. The van der Waals surface area contributed by atoms with Gasteiger partial charge in [0.25, 0.3) is 0 Å². The Morgan fingerprint density at radius 2 is 1.71 bits per heavy atom. The third kappa shape index (κ3) is 3.75. The molecule has 1 fully saturated rings. The Balaban J connectivity index is 1.35. The summed E-state index contributed by atoms with van der Waals surface area (Å²) >= 11 is 0. The van der Waals surface area contributed by atoms with Crippen molar-refractivity contribution in [2.45, 2.75) is 18.6 Å². The number of nitrogens with zero attached hydrogens (tertiary/aromatic N) is 2. The molecule has 2 aliphatic rings. The van der Waals surface area contributed by atoms with E-state index < -0.39 is 11.7 Å². The molecule has 0 radical (unpaired) electrons. The smallest absolute Gasteiger partial charge is 0.167 e. The first-order chi connectivity index (χ1) is 13.6. The number of hydrogen-bond donors (Lipinski definition) is 1. The SMILES string of the molecule is COc1ccccc1N1CCN(CC(O)C2(C)COc3ccccc3O2)CC1. The van der Waals surface area contributed by atoms with Crippen LogP contribution < -0.4 is 19.1 Å². The van der Waals surface area contributed by atoms with E-state index in [1.165, 1.54) is 0 Å². The lowest BCUT2D eigenvalue weighted by atomic mass is 9.97. The maximum absolute atomic E-state index is 10.9. The lowest BCUT2D eigenvalue weighted by Crippen LogP contribution is -2.57. The van der Waals surface area contributed by atoms with E-state index in [4.69, 9.17) is 14.2 Å². The fraction of sp³-hybridized carbons (Fsp3) is 0.455. The second kappa shape index (κ2) is 7.89. The molecule has 2 atom stereocenters. The first-order valence-corrected chi connectivity index (χ1v) is 9.78. The Kier molecular flexibility index (Phi) is 5.33. The summed E-state index contributed by atoms with van der Waals surface area (Å²) in [6.07, 6.45) is -0.640. The van der Waals surface area contributed by atoms with Crippen molar-refractivity contribution in [3.05, 3.63) is 48.5 Å². The Hall–Kier alpha value is -2.44. The van der Waals surface area contributed by atoms with E-state index in [-0.39, 0.29) is 0 Å². The number of benzene rings is 2. The third-order valence-corrected chi connectivity index (χ3v) is 5.64. The normalized spacial score (nSPS) is 23.3. The van der Waals surface area contributed by atoms with Crippen molar-refractivity contribution in [1.82, 2.24) is 4.90 Å². The fourth-order valence-electron chi connectivity index (χ4n) is 3.82. The van der Waals surface area contributed by atoms with Crippen LogP contribution in [0.3, 0.4) is 0 Å². The van der Waals surface area contributed by atoms with Crippen molar-refractivity contribution in [2.24, 2.45) is 0 Å². The average molecular weight is 384 g/mol. The summed E-state index contributed by atoms with van der Waals surface area (Å²) in [5, 5.41) is 10.9. The number of fused-ring (bicyclic) bond motifs is 1. The first-order valence-electron chi connectivity index (χ1n) is 9.78. The quantitative estimate of drug-likeness (QED) is 0.855. The van der Waals surface area contributed by atoms with Gasteiger partial charge in [0.15, 0.2) is 17.1 Å². The number of para-hydroxylation sites is 4. The van der Waals surface area contributed by atoms with E-state index >= 15 is 0 Å². The zero-order chi connectivity index (χ0) is 19.6. The monoisotopic (exact) mass is 384 g/mol. The van der Waals surface area contributed by atoms with Crippen LogP contribution in [-0.2, 0) is 0 Å². The van der Waals surface area contributed by atoms with Crippen LogP contribution in [0.5, 0.6) is 17.2 Å². The standard InChI is InChI=1S/C22H28N2O4/c1-22(16-27-19-9-5-6-10-20(19)28-22)21(25)15-23-11-13-24(14-12-23)17-7-3-4-8-18(17)26-2/h3-10,21,25H,11-16H2,1-2H3. The maximum atomic E-state index is 10.9. The summed E-state index contributed by atoms with van der Waals surface area (Å²) < 4.78 is 17.4. The highest BCUT2D eigenvalue weighted by Crippen LogP contribution is 2.36. The molecule has 2 aliphatic heterocycles. The van der Waals surface area contributed by atoms with E-state index in [1.54, 1.807) is 7.11 Å². The van der Waals surface area contributed by atoms with Crippen LogP contribution in [0.4, 0.5) is 5.69 Å². The highest BCUT2D eigenvalue weighted by atomic mass is 16.6. The van der Waals surface area contributed by atoms with Gasteiger partial charge in [0.05, 0.1) is 12.8 Å². The summed E-state index contributed by atoms with van der Waals surface area (Å²) in [6, 6.07) is 15.7. The number of rotatable bonds is 5. The molecule has 0 aromatic heterocycles. The Bertz CT molecular complexity index is 807. The van der Waals surface area contributed by atoms with Gasteiger partial charge in [0.1, 0.15) is 18.5 Å². The number of β-amino-alcohol motifs (C(OH)–C–C–N with tert-alkyl or cyclic N) is 1. The van der Waals surface area contributed by atoms with Crippen molar-refractivity contribution >= 4 is 5.69 Å². The number of ether oxygens (including phenoxy) is 3. The molecule has 28 heavy (non-hydrogen) atoms. The molecule has 6 nitrogen and oxygen atoms in total. The molecular weight excluding hydrogens is 356 g/mol. The molecule has 1 N–H and O–H groups in total. The van der Waals surface area contributed by atoms with Crippen molar-refractivity contribution < 1.29 is 19.3 Å². The van der Waals surface area contributed by atoms with Gasteiger partial charge in [0, 0.05) is 32.7 Å². The predicted molar refractivity (Wildman–Crippen MR) is 109 cm³/mol. The minimum absolute atomic E-state index is 0.340. The van der Waals surface area contributed by atoms with E-state index in [1.807, 2.05) is 49.4 Å². The van der Waals surface area contributed by atoms with Crippen molar-refractivity contribution in [2.75, 3.05) is 51.3 Å². The van der Waals surface area contributed by atoms with Crippen LogP contribution in [0.25, 0.3) is 0 Å². The summed E-state index contributed by atoms with van der Waals surface area (Å²) in [5.41, 5.74) is 0.367. The van der Waals surface area contributed by atoms with Crippen LogP contribution in [0, 0.1) is 0 Å². The number of aliphatic hydroxyl groups is 1. The van der Waals surface area contributed by atoms with Crippen molar-refractivity contribution in [3.8, 4) is 17.2 Å². The van der Waals surface area contributed by atoms with Crippen LogP contribution >= 0.6 is 0 Å². The van der Waals surface area contributed by atoms with E-state index in [0.29, 0.717) is 18.9 Å². The van der Waals surface area contributed by atoms with Gasteiger partial charge < -0.3 is 24.2 Å². The van der Waals surface area contributed by atoms with Gasteiger partial charge in [-0.25, -0.2) is 0 Å². The van der Waals surface area contributed by atoms with Gasteiger partial charge in [-0.15, -0.1) is 0 Å². The molecule has 150 valence electrons. The van der Waals surface area contributed by atoms with Crippen LogP contribution in [-0.4, -0.2) is 68.2 Å². The average Bonchev–Trinajstić information content (AvgIpc) is 2.74. The summed E-state index contributed by atoms with van der Waals surface area (Å²) in [7, 11) is 1.70. The minimum Gasteiger partial charge on any atom is -0.495 e. The van der Waals surface area contributed by atoms with E-state index in [0.717, 1.165) is 43.4 Å². The highest BCUT2D eigenvalue weighted by Gasteiger charge is 2.41. The molecule has 2 aromatic carbocycles. The lowest BCUT2D eigenvalue weighted by molar-refractivity contribution is -0.0938. The van der Waals surface area contributed by atoms with Gasteiger partial charge in [-0.3, -0.25) is 4.90 Å². The number of methoxy groups -OCH3 is 1. The van der Waals surface area contributed by atoms with Gasteiger partial charge in [-0.1, -0.05) is 24.3 Å². The molecule has 2 unspecified atom stereocenters. The molecule has 2 heterocycles. The largest absolute Gasteiger partial charge is 0.495 e. The molecule has 0 bridgehead atoms. The topological polar surface area (TPSA) is 54.4 Å². The van der Waals surface area contributed by atoms with Gasteiger partial charge >= 0.3 is 0 Å². The zero-order valence-corrected chi connectivity index (χ0v) is 16.5. The van der Waals surface area contributed by atoms with E-state index in [9.17, 15) is 5.11 Å². The number of hydrogen-bond acceptors (Lipinski definition) is 6. The second-order valence-corrected chi connectivity index (χ2v) is 7.63. The van der Waals surface area contributed by atoms with Gasteiger partial charge in [0.2, 0.25) is 0 Å². The van der Waals surface area contributed by atoms with Gasteiger partial charge in [-0.2, -0.15) is 0 Å². The number of anilines is 1. The minimum atomic E-state index is -0.756. The second-order valence-electron chi connectivity index (χ2n) is 7.63. The van der Waals surface area contributed by atoms with Crippen LogP contribution in [0.15, 0.2) is 48.5 Å². The Labute approximate surface area is 166 Å². The van der Waals surface area contributed by atoms with E-state index in [2.05, 4.69) is 15.9 Å². The Morgan fingerprint density at radius 3 is 2.46 bits per heavy atom. The molecule has 0 amide bonds. The highest BCUT2D eigenvalue weighted by molar-refractivity contribution is 5.58. The third-order valence-electron chi connectivity index (χ3n) is 5.64. The summed E-state index contributed by atoms with van der Waals surface area (Å²) in [5.74, 6) is 2.32. The van der Waals surface area contributed by atoms with Crippen LogP contribution in [0.1, 0.15) is 6.92 Å². The summed E-state index contributed by atoms with van der Waals surface area (Å²) in [6.45, 7) is 6.35. The van der Waals surface area contributed by atoms with Crippen molar-refractivity contribution in [1.29, 1.82) is 0 Å². The fourth-order valence-corrected chi connectivity index (χ4v) is 3.82. The predicted octanol–water partition coefficient (Wildman–Crippen LogP) is 2.41. The molecule has 0 aliphatic carbocycles. The first kappa shape index (κ1) is 18.9. The van der Waals surface area contributed by atoms with Gasteiger partial charge in [-0.05, 0) is 31.2 Å². The Morgan fingerprint density at radius 1 is 1.04 bits per heavy atom. The zero-order valence-electron chi connectivity index (χ0n) is 16.5. The molecule has 4 rings (SSSR count). The molecular formula is C22H28N2O4. The lowest BCUT2D eigenvalue weighted by Gasteiger charge is -2.42. The summed E-state index contributed by atoms with van der Waals surface area (Å²) in [4.78, 5) is 4.62. The van der Waals surface area contributed by atoms with Crippen LogP contribution in [0.2, 0.25) is 0 Å². The molecule has 0 saturated carbocycles. The van der Waals surface area contributed by atoms with Crippen molar-refractivity contribution in [3.63, 3.8) is 0 Å². The number of aliphatic hydroxyl groups excluding tert-OH is 1. The maximum Gasteiger partial charge on any atom is 0.167 e. The molecule has 1 saturated heterocycles. The molecule has 6 heteroatoms. The molecule has 0 spiro atoms. The molecule has 2 aromatic rings.